The van der Waals surface area contributed by atoms with Crippen molar-refractivity contribution in [2.45, 2.75) is 12.8 Å². The van der Waals surface area contributed by atoms with E-state index in [0.29, 0.717) is 16.9 Å². The Hall–Kier alpha value is -0.940. The van der Waals surface area contributed by atoms with Crippen molar-refractivity contribution in [3.05, 3.63) is 34.1 Å². The maximum Gasteiger partial charge on any atom is 0.255 e. The van der Waals surface area contributed by atoms with E-state index in [0.717, 1.165) is 25.9 Å². The van der Waals surface area contributed by atoms with Crippen LogP contribution in [0, 0.1) is 11.7 Å². The van der Waals surface area contributed by atoms with Gasteiger partial charge in [0.05, 0.1) is 5.56 Å². The summed E-state index contributed by atoms with van der Waals surface area (Å²) in [5, 5.41) is 6.09. The average Bonchev–Trinajstić information content (AvgIpc) is 2.37. The number of carbonyl (C=O) groups is 1. The summed E-state index contributed by atoms with van der Waals surface area (Å²) in [7, 11) is 0. The first-order valence-electron chi connectivity index (χ1n) is 6.11. The molecule has 3 nitrogen and oxygen atoms in total. The van der Waals surface area contributed by atoms with Gasteiger partial charge in [-0.15, -0.1) is 0 Å². The van der Waals surface area contributed by atoms with Crippen LogP contribution in [-0.2, 0) is 0 Å². The number of amides is 1. The Kier molecular flexibility index (Phi) is 4.72. The van der Waals surface area contributed by atoms with Crippen molar-refractivity contribution >= 4 is 21.8 Å². The maximum absolute atomic E-state index is 13.6. The van der Waals surface area contributed by atoms with Crippen molar-refractivity contribution in [2.75, 3.05) is 19.6 Å². The normalized spacial score (nSPS) is 19.6. The molecular weight excluding hydrogens is 299 g/mol. The summed E-state index contributed by atoms with van der Waals surface area (Å²) in [6.07, 6.45) is 2.23. The molecule has 2 N–H and O–H groups in total. The third-order valence-electron chi connectivity index (χ3n) is 3.14. The lowest BCUT2D eigenvalue weighted by Gasteiger charge is -2.23. The van der Waals surface area contributed by atoms with Gasteiger partial charge in [-0.25, -0.2) is 4.39 Å². The molecule has 0 aromatic heterocycles. The number of hydrogen-bond acceptors (Lipinski definition) is 2. The van der Waals surface area contributed by atoms with Crippen LogP contribution in [0.4, 0.5) is 4.39 Å². The fourth-order valence-corrected chi connectivity index (χ4v) is 2.66. The van der Waals surface area contributed by atoms with Crippen molar-refractivity contribution in [1.82, 2.24) is 10.6 Å². The second-order valence-corrected chi connectivity index (χ2v) is 5.37. The second-order valence-electron chi connectivity index (χ2n) is 4.52. The van der Waals surface area contributed by atoms with Crippen LogP contribution in [0.25, 0.3) is 0 Å². The van der Waals surface area contributed by atoms with Crippen LogP contribution in [0.15, 0.2) is 22.7 Å². The van der Waals surface area contributed by atoms with Crippen molar-refractivity contribution in [3.63, 3.8) is 0 Å². The van der Waals surface area contributed by atoms with Gasteiger partial charge in [0.25, 0.3) is 5.91 Å². The van der Waals surface area contributed by atoms with Crippen molar-refractivity contribution < 1.29 is 9.18 Å². The Morgan fingerprint density at radius 3 is 3.06 bits per heavy atom. The molecule has 1 fully saturated rings. The fraction of sp³-hybridized carbons (Fsp3) is 0.462. The van der Waals surface area contributed by atoms with E-state index in [1.807, 2.05) is 0 Å². The number of piperidine rings is 1. The maximum atomic E-state index is 13.6. The molecule has 1 aliphatic heterocycles. The van der Waals surface area contributed by atoms with Gasteiger partial charge >= 0.3 is 0 Å². The molecule has 18 heavy (non-hydrogen) atoms. The second kappa shape index (κ2) is 6.29. The standard InChI is InChI=1S/C13H16BrFN2O/c14-10-4-1-5-11(15)12(10)13(18)17-8-9-3-2-6-16-7-9/h1,4-5,9,16H,2-3,6-8H2,(H,17,18)/t9-/m0/s1. The lowest BCUT2D eigenvalue weighted by molar-refractivity contribution is 0.0940. The SMILES string of the molecule is O=C(NC[C@H]1CCCNC1)c1c(F)cccc1Br. The molecule has 0 aliphatic carbocycles. The highest BCUT2D eigenvalue weighted by atomic mass is 79.9. The van der Waals surface area contributed by atoms with E-state index in [4.69, 9.17) is 0 Å². The van der Waals surface area contributed by atoms with E-state index in [2.05, 4.69) is 26.6 Å². The van der Waals surface area contributed by atoms with Gasteiger partial charge in [0.1, 0.15) is 5.82 Å². The third kappa shape index (κ3) is 3.29. The van der Waals surface area contributed by atoms with Crippen LogP contribution in [-0.4, -0.2) is 25.5 Å². The van der Waals surface area contributed by atoms with Gasteiger partial charge in [0, 0.05) is 11.0 Å². The summed E-state index contributed by atoms with van der Waals surface area (Å²) in [5.41, 5.74) is 0.0845. The lowest BCUT2D eigenvalue weighted by atomic mass is 9.99. The highest BCUT2D eigenvalue weighted by molar-refractivity contribution is 9.10. The Balaban J connectivity index is 1.95. The van der Waals surface area contributed by atoms with Crippen molar-refractivity contribution in [2.24, 2.45) is 5.92 Å². The molecule has 0 bridgehead atoms. The predicted molar refractivity (Wildman–Crippen MR) is 72.0 cm³/mol. The summed E-state index contributed by atoms with van der Waals surface area (Å²) < 4.78 is 14.1. The minimum Gasteiger partial charge on any atom is -0.352 e. The van der Waals surface area contributed by atoms with Crippen LogP contribution in [0.2, 0.25) is 0 Å². The Morgan fingerprint density at radius 2 is 2.39 bits per heavy atom. The zero-order chi connectivity index (χ0) is 13.0. The molecule has 0 radical (unpaired) electrons. The lowest BCUT2D eigenvalue weighted by Crippen LogP contribution is -2.38. The van der Waals surface area contributed by atoms with Crippen LogP contribution < -0.4 is 10.6 Å². The Morgan fingerprint density at radius 1 is 1.56 bits per heavy atom. The molecule has 1 saturated heterocycles. The number of carbonyl (C=O) groups excluding carboxylic acids is 1. The first kappa shape index (κ1) is 13.5. The molecule has 5 heteroatoms. The summed E-state index contributed by atoms with van der Waals surface area (Å²) in [4.78, 5) is 11.9. The van der Waals surface area contributed by atoms with Gasteiger partial charge in [0.15, 0.2) is 0 Å². The highest BCUT2D eigenvalue weighted by Gasteiger charge is 2.18. The summed E-state index contributed by atoms with van der Waals surface area (Å²) in [6.45, 7) is 2.55. The number of benzene rings is 1. The largest absolute Gasteiger partial charge is 0.352 e. The fourth-order valence-electron chi connectivity index (χ4n) is 2.14. The monoisotopic (exact) mass is 314 g/mol. The highest BCUT2D eigenvalue weighted by Crippen LogP contribution is 2.19. The number of hydrogen-bond donors (Lipinski definition) is 2. The minimum absolute atomic E-state index is 0.0845. The molecule has 98 valence electrons. The van der Waals surface area contributed by atoms with Gasteiger partial charge in [0.2, 0.25) is 0 Å². The zero-order valence-electron chi connectivity index (χ0n) is 10.0. The van der Waals surface area contributed by atoms with E-state index < -0.39 is 5.82 Å². The molecule has 0 saturated carbocycles. The van der Waals surface area contributed by atoms with Crippen LogP contribution in [0.3, 0.4) is 0 Å². The van der Waals surface area contributed by atoms with E-state index in [1.165, 1.54) is 6.07 Å². The van der Waals surface area contributed by atoms with Gasteiger partial charge in [-0.1, -0.05) is 6.07 Å². The topological polar surface area (TPSA) is 41.1 Å². The summed E-state index contributed by atoms with van der Waals surface area (Å²) in [5.74, 6) is -0.414. The van der Waals surface area contributed by atoms with Crippen molar-refractivity contribution in [1.29, 1.82) is 0 Å². The van der Waals surface area contributed by atoms with Crippen LogP contribution >= 0.6 is 15.9 Å². The molecule has 1 heterocycles. The first-order chi connectivity index (χ1) is 8.68. The van der Waals surface area contributed by atoms with E-state index in [-0.39, 0.29) is 11.5 Å². The van der Waals surface area contributed by atoms with Crippen LogP contribution in [0.5, 0.6) is 0 Å². The molecule has 2 rings (SSSR count). The quantitative estimate of drug-likeness (QED) is 0.899. The molecule has 1 amide bonds. The average molecular weight is 315 g/mol. The molecular formula is C13H16BrFN2O. The number of rotatable bonds is 3. The van der Waals surface area contributed by atoms with E-state index in [9.17, 15) is 9.18 Å². The molecule has 1 aromatic rings. The predicted octanol–water partition coefficient (Wildman–Crippen LogP) is 2.32. The third-order valence-corrected chi connectivity index (χ3v) is 3.80. The van der Waals surface area contributed by atoms with E-state index >= 15 is 0 Å². The van der Waals surface area contributed by atoms with E-state index in [1.54, 1.807) is 12.1 Å². The van der Waals surface area contributed by atoms with Crippen molar-refractivity contribution in [3.8, 4) is 0 Å². The number of halogens is 2. The smallest absolute Gasteiger partial charge is 0.255 e. The molecule has 1 aliphatic rings. The number of nitrogens with one attached hydrogen (secondary N) is 2. The molecule has 0 unspecified atom stereocenters. The molecule has 1 atom stereocenters. The van der Waals surface area contributed by atoms with Gasteiger partial charge in [-0.3, -0.25) is 4.79 Å². The minimum atomic E-state index is -0.497. The van der Waals surface area contributed by atoms with Gasteiger partial charge < -0.3 is 10.6 Å². The zero-order valence-corrected chi connectivity index (χ0v) is 11.6. The Labute approximate surface area is 114 Å². The Bertz CT molecular complexity index is 413. The summed E-state index contributed by atoms with van der Waals surface area (Å²) in [6, 6.07) is 4.53. The molecule has 1 aromatic carbocycles. The van der Waals surface area contributed by atoms with Gasteiger partial charge in [-0.2, -0.15) is 0 Å². The first-order valence-corrected chi connectivity index (χ1v) is 6.90. The molecule has 0 spiro atoms. The van der Waals surface area contributed by atoms with Crippen LogP contribution in [0.1, 0.15) is 23.2 Å². The summed E-state index contributed by atoms with van der Waals surface area (Å²) >= 11 is 3.20. The van der Waals surface area contributed by atoms with Gasteiger partial charge in [-0.05, 0) is 59.9 Å².